The largest absolute Gasteiger partial charge is 0.462 e. The summed E-state index contributed by atoms with van der Waals surface area (Å²) >= 11 is 0. The summed E-state index contributed by atoms with van der Waals surface area (Å²) in [5.41, 5.74) is 0. The molecule has 0 radical (unpaired) electrons. The topological polar surface area (TPSA) is 78.9 Å². The van der Waals surface area contributed by atoms with Gasteiger partial charge in [-0.15, -0.1) is 0 Å². The molecule has 0 aromatic carbocycles. The summed E-state index contributed by atoms with van der Waals surface area (Å²) in [6.07, 6.45) is 93.6. The molecule has 0 aliphatic rings. The van der Waals surface area contributed by atoms with Gasteiger partial charge in [0.05, 0.1) is 0 Å². The molecule has 6 heteroatoms. The first-order chi connectivity index (χ1) is 41.0. The molecule has 1 atom stereocenters. The maximum atomic E-state index is 13.0. The first kappa shape index (κ1) is 79.8. The average Bonchev–Trinajstić information content (AvgIpc) is 3.49. The quantitative estimate of drug-likeness (QED) is 0.0261. The van der Waals surface area contributed by atoms with Crippen molar-refractivity contribution in [2.75, 3.05) is 13.2 Å². The molecule has 0 saturated carbocycles. The maximum Gasteiger partial charge on any atom is 0.306 e. The number of unbranched alkanes of at least 4 members (excludes halogenated alkanes) is 44. The lowest BCUT2D eigenvalue weighted by atomic mass is 10.0. The van der Waals surface area contributed by atoms with Gasteiger partial charge in [0, 0.05) is 19.3 Å². The van der Waals surface area contributed by atoms with Crippen LogP contribution in [0.15, 0.2) is 72.9 Å². The summed E-state index contributed by atoms with van der Waals surface area (Å²) in [5, 5.41) is 0. The summed E-state index contributed by atoms with van der Waals surface area (Å²) < 4.78 is 17.0. The molecule has 0 aromatic rings. The van der Waals surface area contributed by atoms with E-state index >= 15 is 0 Å². The molecule has 0 rings (SSSR count). The van der Waals surface area contributed by atoms with E-state index in [1.54, 1.807) is 0 Å². The molecule has 482 valence electrons. The van der Waals surface area contributed by atoms with E-state index in [-0.39, 0.29) is 31.1 Å². The van der Waals surface area contributed by atoms with Crippen LogP contribution in [0, 0.1) is 0 Å². The third-order valence-corrected chi connectivity index (χ3v) is 16.2. The smallest absolute Gasteiger partial charge is 0.306 e. The van der Waals surface area contributed by atoms with E-state index in [2.05, 4.69) is 93.7 Å². The van der Waals surface area contributed by atoms with Gasteiger partial charge in [-0.1, -0.05) is 344 Å². The molecule has 0 N–H and O–H groups in total. The van der Waals surface area contributed by atoms with Gasteiger partial charge in [-0.3, -0.25) is 14.4 Å². The predicted molar refractivity (Wildman–Crippen MR) is 362 cm³/mol. The number of rotatable bonds is 67. The van der Waals surface area contributed by atoms with Crippen LogP contribution in [0.5, 0.6) is 0 Å². The second-order valence-corrected chi connectivity index (χ2v) is 24.5. The maximum absolute atomic E-state index is 13.0. The highest BCUT2D eigenvalue weighted by atomic mass is 16.6. The zero-order valence-corrected chi connectivity index (χ0v) is 55.5. The van der Waals surface area contributed by atoms with Gasteiger partial charge >= 0.3 is 17.9 Å². The fourth-order valence-corrected chi connectivity index (χ4v) is 10.8. The Morgan fingerprint density at radius 3 is 0.747 bits per heavy atom. The standard InChI is InChI=1S/C77H138O6/c1-4-7-10-13-16-19-22-25-28-31-34-36-38-40-41-43-46-49-52-55-58-61-64-67-70-76(79)82-73-74(72-81-75(78)69-66-63-60-57-54-51-48-45-33-30-27-24-21-18-15-12-9-6-3)83-77(80)71-68-65-62-59-56-53-50-47-44-42-39-37-35-32-29-26-23-20-17-14-11-8-5-2/h8,11,17,20-21,24,26,29-30,33,35,37,74H,4-7,9-10,12-16,18-19,22-23,25,27-28,31-32,34,36,38-73H2,1-3H3/b11-8-,20-17-,24-21-,29-26-,33-30-,37-35-. The van der Waals surface area contributed by atoms with E-state index in [4.69, 9.17) is 14.2 Å². The number of carbonyl (C=O) groups is 3. The van der Waals surface area contributed by atoms with E-state index in [9.17, 15) is 14.4 Å². The van der Waals surface area contributed by atoms with Crippen molar-refractivity contribution < 1.29 is 28.6 Å². The Labute approximate surface area is 516 Å². The van der Waals surface area contributed by atoms with Gasteiger partial charge in [0.25, 0.3) is 0 Å². The number of esters is 3. The van der Waals surface area contributed by atoms with Crippen LogP contribution in [0.3, 0.4) is 0 Å². The number of hydrogen-bond donors (Lipinski definition) is 0. The van der Waals surface area contributed by atoms with Gasteiger partial charge in [-0.25, -0.2) is 0 Å². The van der Waals surface area contributed by atoms with Gasteiger partial charge < -0.3 is 14.2 Å². The summed E-state index contributed by atoms with van der Waals surface area (Å²) in [4.78, 5) is 38.5. The monoisotopic (exact) mass is 1160 g/mol. The van der Waals surface area contributed by atoms with Gasteiger partial charge in [0.15, 0.2) is 6.10 Å². The SMILES string of the molecule is CC/C=C\C/C=C\C/C=C\C/C=C\CCCCCCCCCCCCC(=O)OC(COC(=O)CCCCCCCCC/C=C\C/C=C\CCCCCC)COC(=O)CCCCCCCCCCCCCCCCCCCCCCCCCC. The molecule has 6 nitrogen and oxygen atoms in total. The number of ether oxygens (including phenoxy) is 3. The first-order valence-corrected chi connectivity index (χ1v) is 36.4. The lowest BCUT2D eigenvalue weighted by Gasteiger charge is -2.18. The molecule has 0 heterocycles. The molecule has 0 amide bonds. The number of hydrogen-bond acceptors (Lipinski definition) is 6. The van der Waals surface area contributed by atoms with Crippen molar-refractivity contribution in [3.63, 3.8) is 0 Å². The first-order valence-electron chi connectivity index (χ1n) is 36.4. The Hall–Kier alpha value is -3.15. The van der Waals surface area contributed by atoms with E-state index in [1.807, 2.05) is 0 Å². The van der Waals surface area contributed by atoms with Gasteiger partial charge in [-0.05, 0) is 89.9 Å². The van der Waals surface area contributed by atoms with E-state index in [0.29, 0.717) is 19.3 Å². The summed E-state index contributed by atoms with van der Waals surface area (Å²) in [6, 6.07) is 0. The molecule has 0 aromatic heterocycles. The molecule has 0 bridgehead atoms. The number of allylic oxidation sites excluding steroid dienone is 12. The highest BCUT2D eigenvalue weighted by Gasteiger charge is 2.19. The summed E-state index contributed by atoms with van der Waals surface area (Å²) in [7, 11) is 0. The minimum atomic E-state index is -0.782. The third-order valence-electron chi connectivity index (χ3n) is 16.2. The Bertz CT molecular complexity index is 1520. The van der Waals surface area contributed by atoms with Crippen molar-refractivity contribution in [3.05, 3.63) is 72.9 Å². The van der Waals surface area contributed by atoms with Gasteiger partial charge in [-0.2, -0.15) is 0 Å². The zero-order chi connectivity index (χ0) is 59.9. The molecular weight excluding hydrogens is 1020 g/mol. The van der Waals surface area contributed by atoms with Crippen LogP contribution in [0.4, 0.5) is 0 Å². The minimum absolute atomic E-state index is 0.0757. The second-order valence-electron chi connectivity index (χ2n) is 24.5. The van der Waals surface area contributed by atoms with Crippen molar-refractivity contribution in [1.82, 2.24) is 0 Å². The van der Waals surface area contributed by atoms with E-state index in [1.165, 1.54) is 244 Å². The van der Waals surface area contributed by atoms with Crippen LogP contribution >= 0.6 is 0 Å². The lowest BCUT2D eigenvalue weighted by Crippen LogP contribution is -2.30. The summed E-state index contributed by atoms with van der Waals surface area (Å²) in [5.74, 6) is -0.864. The van der Waals surface area contributed by atoms with Crippen LogP contribution in [-0.4, -0.2) is 37.2 Å². The van der Waals surface area contributed by atoms with Crippen LogP contribution in [-0.2, 0) is 28.6 Å². The normalized spacial score (nSPS) is 12.5. The molecular formula is C77H138O6. The van der Waals surface area contributed by atoms with E-state index in [0.717, 1.165) is 96.3 Å². The van der Waals surface area contributed by atoms with Crippen molar-refractivity contribution in [2.24, 2.45) is 0 Å². The lowest BCUT2D eigenvalue weighted by molar-refractivity contribution is -0.167. The van der Waals surface area contributed by atoms with Crippen molar-refractivity contribution in [1.29, 1.82) is 0 Å². The molecule has 83 heavy (non-hydrogen) atoms. The molecule has 1 unspecified atom stereocenters. The van der Waals surface area contributed by atoms with Gasteiger partial charge in [0.1, 0.15) is 13.2 Å². The zero-order valence-electron chi connectivity index (χ0n) is 55.5. The Morgan fingerprint density at radius 1 is 0.253 bits per heavy atom. The third kappa shape index (κ3) is 69.5. The fourth-order valence-electron chi connectivity index (χ4n) is 10.8. The average molecular weight is 1160 g/mol. The molecule has 0 aliphatic heterocycles. The van der Waals surface area contributed by atoms with Crippen LogP contribution in [0.25, 0.3) is 0 Å². The Balaban J connectivity index is 4.33. The highest BCUT2D eigenvalue weighted by Crippen LogP contribution is 2.18. The fraction of sp³-hybridized carbons (Fsp3) is 0.805. The van der Waals surface area contributed by atoms with Crippen molar-refractivity contribution in [2.45, 2.75) is 386 Å². The van der Waals surface area contributed by atoms with Crippen molar-refractivity contribution in [3.8, 4) is 0 Å². The summed E-state index contributed by atoms with van der Waals surface area (Å²) in [6.45, 7) is 6.57. The Kier molecular flexibility index (Phi) is 68.6. The molecule has 0 fully saturated rings. The van der Waals surface area contributed by atoms with Crippen LogP contribution in [0.2, 0.25) is 0 Å². The predicted octanol–water partition coefficient (Wildman–Crippen LogP) is 25.2. The van der Waals surface area contributed by atoms with Crippen LogP contribution in [0.1, 0.15) is 380 Å². The van der Waals surface area contributed by atoms with Crippen LogP contribution < -0.4 is 0 Å². The Morgan fingerprint density at radius 2 is 0.470 bits per heavy atom. The minimum Gasteiger partial charge on any atom is -0.462 e. The van der Waals surface area contributed by atoms with E-state index < -0.39 is 6.10 Å². The second kappa shape index (κ2) is 71.3. The molecule has 0 spiro atoms. The molecule has 0 aliphatic carbocycles. The highest BCUT2D eigenvalue weighted by molar-refractivity contribution is 5.71. The van der Waals surface area contributed by atoms with Crippen molar-refractivity contribution >= 4 is 17.9 Å². The van der Waals surface area contributed by atoms with Gasteiger partial charge in [0.2, 0.25) is 0 Å². The molecule has 0 saturated heterocycles. The number of carbonyl (C=O) groups excluding carboxylic acids is 3.